The topological polar surface area (TPSA) is 44.7 Å². The average Bonchev–Trinajstić information content (AvgIpc) is 3.02. The SMILES string of the molecule is O=C(/N=C1/CCCN1Cc1ccccc1)Nc1cccc(C(F)(F)F)c1. The summed E-state index contributed by atoms with van der Waals surface area (Å²) in [6, 6.07) is 13.7. The van der Waals surface area contributed by atoms with Crippen LogP contribution in [0.3, 0.4) is 0 Å². The number of carbonyl (C=O) groups is 1. The van der Waals surface area contributed by atoms with Crippen molar-refractivity contribution in [2.45, 2.75) is 25.6 Å². The highest BCUT2D eigenvalue weighted by molar-refractivity contribution is 6.00. The first-order chi connectivity index (χ1) is 12.4. The molecule has 1 heterocycles. The molecule has 0 saturated carbocycles. The summed E-state index contributed by atoms with van der Waals surface area (Å²) in [4.78, 5) is 18.2. The van der Waals surface area contributed by atoms with E-state index in [4.69, 9.17) is 0 Å². The van der Waals surface area contributed by atoms with Crippen molar-refractivity contribution in [2.24, 2.45) is 4.99 Å². The van der Waals surface area contributed by atoms with E-state index < -0.39 is 17.8 Å². The van der Waals surface area contributed by atoms with Crippen molar-refractivity contribution >= 4 is 17.6 Å². The number of amides is 2. The molecule has 4 nitrogen and oxygen atoms in total. The number of carbonyl (C=O) groups excluding carboxylic acids is 1. The highest BCUT2D eigenvalue weighted by atomic mass is 19.4. The molecule has 0 bridgehead atoms. The van der Waals surface area contributed by atoms with Crippen molar-refractivity contribution in [2.75, 3.05) is 11.9 Å². The van der Waals surface area contributed by atoms with E-state index in [1.165, 1.54) is 12.1 Å². The van der Waals surface area contributed by atoms with Gasteiger partial charge < -0.3 is 10.2 Å². The van der Waals surface area contributed by atoms with Crippen molar-refractivity contribution in [3.05, 3.63) is 65.7 Å². The lowest BCUT2D eigenvalue weighted by Gasteiger charge is -2.18. The molecule has 0 radical (unpaired) electrons. The van der Waals surface area contributed by atoms with Crippen LogP contribution < -0.4 is 5.32 Å². The Morgan fingerprint density at radius 3 is 2.62 bits per heavy atom. The van der Waals surface area contributed by atoms with Gasteiger partial charge in [0.05, 0.1) is 5.56 Å². The number of urea groups is 1. The van der Waals surface area contributed by atoms with Gasteiger partial charge in [-0.1, -0.05) is 36.4 Å². The van der Waals surface area contributed by atoms with Gasteiger partial charge in [-0.15, -0.1) is 0 Å². The number of rotatable bonds is 3. The molecule has 1 aliphatic rings. The number of amidine groups is 1. The number of benzene rings is 2. The molecule has 0 atom stereocenters. The summed E-state index contributed by atoms with van der Waals surface area (Å²) < 4.78 is 38.2. The molecular formula is C19H18F3N3O. The quantitative estimate of drug-likeness (QED) is 0.842. The van der Waals surface area contributed by atoms with E-state index in [-0.39, 0.29) is 5.69 Å². The molecule has 1 N–H and O–H groups in total. The molecular weight excluding hydrogens is 343 g/mol. The van der Waals surface area contributed by atoms with Gasteiger partial charge in [0.15, 0.2) is 0 Å². The third-order valence-corrected chi connectivity index (χ3v) is 4.08. The third kappa shape index (κ3) is 4.62. The van der Waals surface area contributed by atoms with Gasteiger partial charge in [0.1, 0.15) is 5.84 Å². The summed E-state index contributed by atoms with van der Waals surface area (Å²) in [7, 11) is 0. The number of hydrogen-bond acceptors (Lipinski definition) is 1. The first kappa shape index (κ1) is 18.0. The smallest absolute Gasteiger partial charge is 0.356 e. The number of aliphatic imine (C=N–C) groups is 1. The number of likely N-dealkylation sites (tertiary alicyclic amines) is 1. The molecule has 2 aromatic rings. The largest absolute Gasteiger partial charge is 0.416 e. The summed E-state index contributed by atoms with van der Waals surface area (Å²) in [5.74, 6) is 0.651. The van der Waals surface area contributed by atoms with Crippen LogP contribution in [-0.4, -0.2) is 23.3 Å². The van der Waals surface area contributed by atoms with E-state index in [1.807, 2.05) is 35.2 Å². The first-order valence-corrected chi connectivity index (χ1v) is 8.26. The summed E-state index contributed by atoms with van der Waals surface area (Å²) in [6.07, 6.45) is -2.89. The van der Waals surface area contributed by atoms with Gasteiger partial charge in [0.2, 0.25) is 0 Å². The predicted molar refractivity (Wildman–Crippen MR) is 94.0 cm³/mol. The van der Waals surface area contributed by atoms with Crippen LogP contribution in [0.25, 0.3) is 0 Å². The van der Waals surface area contributed by atoms with E-state index in [9.17, 15) is 18.0 Å². The minimum atomic E-state index is -4.45. The Morgan fingerprint density at radius 2 is 1.88 bits per heavy atom. The lowest BCUT2D eigenvalue weighted by Crippen LogP contribution is -2.26. The molecule has 1 saturated heterocycles. The fourth-order valence-electron chi connectivity index (χ4n) is 2.86. The Bertz CT molecular complexity index is 803. The Balaban J connectivity index is 1.68. The molecule has 7 heteroatoms. The van der Waals surface area contributed by atoms with Crippen molar-refractivity contribution in [1.82, 2.24) is 4.90 Å². The Morgan fingerprint density at radius 1 is 1.12 bits per heavy atom. The van der Waals surface area contributed by atoms with Crippen LogP contribution in [0, 0.1) is 0 Å². The molecule has 2 amide bonds. The van der Waals surface area contributed by atoms with E-state index in [0.29, 0.717) is 18.8 Å². The third-order valence-electron chi connectivity index (χ3n) is 4.08. The molecule has 2 aromatic carbocycles. The number of hydrogen-bond donors (Lipinski definition) is 1. The Labute approximate surface area is 149 Å². The van der Waals surface area contributed by atoms with Gasteiger partial charge in [0, 0.05) is 25.2 Å². The van der Waals surface area contributed by atoms with Crippen molar-refractivity contribution in [3.63, 3.8) is 0 Å². The number of anilines is 1. The predicted octanol–water partition coefficient (Wildman–Crippen LogP) is 4.93. The number of nitrogens with zero attached hydrogens (tertiary/aromatic N) is 2. The summed E-state index contributed by atoms with van der Waals surface area (Å²) >= 11 is 0. The molecule has 26 heavy (non-hydrogen) atoms. The lowest BCUT2D eigenvalue weighted by atomic mass is 10.2. The maximum absolute atomic E-state index is 12.7. The van der Waals surface area contributed by atoms with Gasteiger partial charge in [-0.3, -0.25) is 0 Å². The maximum atomic E-state index is 12.7. The molecule has 0 aromatic heterocycles. The standard InChI is InChI=1S/C19H18F3N3O/c20-19(21,22)15-8-4-9-16(12-15)23-18(26)24-17-10-5-11-25(17)13-14-6-2-1-3-7-14/h1-4,6-9,12H,5,10-11,13H2,(H,23,26)/b24-17-. The lowest BCUT2D eigenvalue weighted by molar-refractivity contribution is -0.137. The first-order valence-electron chi connectivity index (χ1n) is 8.26. The van der Waals surface area contributed by atoms with Crippen LogP contribution in [0.1, 0.15) is 24.0 Å². The van der Waals surface area contributed by atoms with E-state index in [0.717, 1.165) is 30.7 Å². The van der Waals surface area contributed by atoms with Crippen molar-refractivity contribution < 1.29 is 18.0 Å². The number of nitrogens with one attached hydrogen (secondary N) is 1. The zero-order valence-corrected chi connectivity index (χ0v) is 14.0. The van der Waals surface area contributed by atoms with Gasteiger partial charge in [-0.25, -0.2) is 4.79 Å². The molecule has 0 aliphatic carbocycles. The van der Waals surface area contributed by atoms with Gasteiger partial charge in [-0.05, 0) is 30.2 Å². The van der Waals surface area contributed by atoms with Crippen LogP contribution in [0.2, 0.25) is 0 Å². The molecule has 0 unspecified atom stereocenters. The summed E-state index contributed by atoms with van der Waals surface area (Å²) in [5, 5.41) is 2.41. The van der Waals surface area contributed by atoms with E-state index in [2.05, 4.69) is 10.3 Å². The number of alkyl halides is 3. The highest BCUT2D eigenvalue weighted by Gasteiger charge is 2.30. The molecule has 136 valence electrons. The second-order valence-corrected chi connectivity index (χ2v) is 6.05. The summed E-state index contributed by atoms with van der Waals surface area (Å²) in [5.41, 5.74) is 0.372. The van der Waals surface area contributed by atoms with E-state index in [1.54, 1.807) is 0 Å². The highest BCUT2D eigenvalue weighted by Crippen LogP contribution is 2.30. The fraction of sp³-hybridized carbons (Fsp3) is 0.263. The molecule has 1 aliphatic heterocycles. The maximum Gasteiger partial charge on any atom is 0.416 e. The Kier molecular flexibility index (Phi) is 5.25. The van der Waals surface area contributed by atoms with Crippen molar-refractivity contribution in [1.29, 1.82) is 0 Å². The minimum Gasteiger partial charge on any atom is -0.356 e. The van der Waals surface area contributed by atoms with Crippen LogP contribution >= 0.6 is 0 Å². The zero-order chi connectivity index (χ0) is 18.6. The van der Waals surface area contributed by atoms with Gasteiger partial charge in [-0.2, -0.15) is 18.2 Å². The van der Waals surface area contributed by atoms with Crippen LogP contribution in [0.15, 0.2) is 59.6 Å². The second-order valence-electron chi connectivity index (χ2n) is 6.05. The molecule has 1 fully saturated rings. The Hall–Kier alpha value is -2.83. The second kappa shape index (κ2) is 7.59. The van der Waals surface area contributed by atoms with Crippen LogP contribution in [0.5, 0.6) is 0 Å². The zero-order valence-electron chi connectivity index (χ0n) is 14.0. The van der Waals surface area contributed by atoms with Crippen LogP contribution in [0.4, 0.5) is 23.7 Å². The molecule has 3 rings (SSSR count). The average molecular weight is 361 g/mol. The van der Waals surface area contributed by atoms with Crippen molar-refractivity contribution in [3.8, 4) is 0 Å². The monoisotopic (exact) mass is 361 g/mol. The summed E-state index contributed by atoms with van der Waals surface area (Å²) in [6.45, 7) is 1.45. The van der Waals surface area contributed by atoms with E-state index >= 15 is 0 Å². The molecule has 0 spiro atoms. The fourth-order valence-corrected chi connectivity index (χ4v) is 2.86. The normalized spacial score (nSPS) is 16.1. The van der Waals surface area contributed by atoms with Gasteiger partial charge in [0.25, 0.3) is 0 Å². The number of halogens is 3. The minimum absolute atomic E-state index is 0.0711. The van der Waals surface area contributed by atoms with Gasteiger partial charge >= 0.3 is 12.2 Å². The van der Waals surface area contributed by atoms with Crippen LogP contribution in [-0.2, 0) is 12.7 Å².